The van der Waals surface area contributed by atoms with Gasteiger partial charge in [0.15, 0.2) is 0 Å². The zero-order valence-electron chi connectivity index (χ0n) is 11.1. The number of aromatic nitrogens is 3. The Balaban J connectivity index is 2.10. The van der Waals surface area contributed by atoms with Crippen molar-refractivity contribution in [2.45, 2.75) is 6.42 Å². The number of fused-ring (bicyclic) bond motifs is 1. The molecular weight excluding hydrogens is 318 g/mol. The second kappa shape index (κ2) is 5.63. The summed E-state index contributed by atoms with van der Waals surface area (Å²) in [5.41, 5.74) is 3.14. The van der Waals surface area contributed by atoms with Crippen molar-refractivity contribution in [1.82, 2.24) is 14.8 Å². The van der Waals surface area contributed by atoms with Crippen LogP contribution in [-0.4, -0.2) is 27.2 Å². The Kier molecular flexibility index (Phi) is 3.69. The van der Waals surface area contributed by atoms with Crippen molar-refractivity contribution in [2.24, 2.45) is 0 Å². The van der Waals surface area contributed by atoms with E-state index in [0.29, 0.717) is 0 Å². The van der Waals surface area contributed by atoms with Gasteiger partial charge in [-0.1, -0.05) is 15.9 Å². The number of halogens is 1. The lowest BCUT2D eigenvalue weighted by atomic mass is 10.2. The van der Waals surface area contributed by atoms with Gasteiger partial charge in [-0.05, 0) is 30.2 Å². The number of aryl methyl sites for hydroxylation is 1. The highest BCUT2D eigenvalue weighted by molar-refractivity contribution is 9.09. The van der Waals surface area contributed by atoms with E-state index in [-0.39, 0.29) is 0 Å². The smallest absolute Gasteiger partial charge is 0.121 e. The molecule has 3 aromatic rings. The third-order valence-corrected chi connectivity index (χ3v) is 3.59. The molecule has 0 aliphatic carbocycles. The Morgan fingerprint density at radius 2 is 2.20 bits per heavy atom. The van der Waals surface area contributed by atoms with Crippen molar-refractivity contribution in [1.29, 1.82) is 0 Å². The van der Waals surface area contributed by atoms with Crippen LogP contribution in [0.15, 0.2) is 42.9 Å². The molecule has 0 aliphatic heterocycles. The second-order valence-corrected chi connectivity index (χ2v) is 5.24. The van der Waals surface area contributed by atoms with Crippen molar-refractivity contribution in [3.63, 3.8) is 0 Å². The van der Waals surface area contributed by atoms with E-state index in [0.717, 1.165) is 34.1 Å². The maximum Gasteiger partial charge on any atom is 0.121 e. The van der Waals surface area contributed by atoms with Gasteiger partial charge in [0, 0.05) is 29.2 Å². The number of alkyl halides is 1. The monoisotopic (exact) mass is 331 g/mol. The van der Waals surface area contributed by atoms with Gasteiger partial charge in [-0.15, -0.1) is 0 Å². The van der Waals surface area contributed by atoms with Crippen molar-refractivity contribution in [3.8, 4) is 11.4 Å². The molecule has 0 unspecified atom stereocenters. The molecule has 20 heavy (non-hydrogen) atoms. The number of nitrogens with zero attached hydrogens (tertiary/aromatic N) is 3. The summed E-state index contributed by atoms with van der Waals surface area (Å²) in [5.74, 6) is 0.808. The molecule has 0 amide bonds. The van der Waals surface area contributed by atoms with Crippen LogP contribution in [0.1, 0.15) is 5.56 Å². The molecule has 0 N–H and O–H groups in total. The molecule has 2 heterocycles. The molecule has 3 rings (SSSR count). The Morgan fingerprint density at radius 3 is 3.00 bits per heavy atom. The van der Waals surface area contributed by atoms with E-state index in [9.17, 15) is 0 Å². The third-order valence-electron chi connectivity index (χ3n) is 3.19. The van der Waals surface area contributed by atoms with Crippen LogP contribution in [-0.2, 0) is 6.42 Å². The predicted octanol–water partition coefficient (Wildman–Crippen LogP) is 3.37. The van der Waals surface area contributed by atoms with Gasteiger partial charge in [0.1, 0.15) is 5.75 Å². The Hall–Kier alpha value is -1.88. The lowest BCUT2D eigenvalue weighted by Crippen LogP contribution is -1.96. The summed E-state index contributed by atoms with van der Waals surface area (Å²) in [7, 11) is 1.66. The zero-order chi connectivity index (χ0) is 13.9. The molecule has 0 aliphatic rings. The van der Waals surface area contributed by atoms with Gasteiger partial charge in [0.05, 0.1) is 24.5 Å². The number of benzene rings is 1. The van der Waals surface area contributed by atoms with Gasteiger partial charge in [-0.3, -0.25) is 4.98 Å². The molecule has 5 heteroatoms. The summed E-state index contributed by atoms with van der Waals surface area (Å²) >= 11 is 3.45. The van der Waals surface area contributed by atoms with E-state index >= 15 is 0 Å². The fraction of sp³-hybridized carbons (Fsp3) is 0.200. The number of ether oxygens (including phenoxy) is 1. The average Bonchev–Trinajstić information content (AvgIpc) is 2.95. The van der Waals surface area contributed by atoms with E-state index < -0.39 is 0 Å². The lowest BCUT2D eigenvalue weighted by Gasteiger charge is -2.07. The normalized spacial score (nSPS) is 10.9. The Morgan fingerprint density at radius 1 is 1.30 bits per heavy atom. The molecule has 0 radical (unpaired) electrons. The number of rotatable bonds is 4. The molecule has 0 bridgehead atoms. The quantitative estimate of drug-likeness (QED) is 0.688. The maximum absolute atomic E-state index is 5.24. The second-order valence-electron chi connectivity index (χ2n) is 4.45. The Labute approximate surface area is 125 Å². The van der Waals surface area contributed by atoms with Crippen LogP contribution in [0.25, 0.3) is 16.6 Å². The first kappa shape index (κ1) is 13.1. The number of hydrogen-bond donors (Lipinski definition) is 0. The highest BCUT2D eigenvalue weighted by atomic mass is 79.9. The van der Waals surface area contributed by atoms with E-state index in [1.807, 2.05) is 35.1 Å². The Bertz CT molecular complexity index is 739. The van der Waals surface area contributed by atoms with Crippen LogP contribution in [0.4, 0.5) is 0 Å². The first-order chi connectivity index (χ1) is 9.81. The summed E-state index contributed by atoms with van der Waals surface area (Å²) in [5, 5.41) is 6.43. The summed E-state index contributed by atoms with van der Waals surface area (Å²) < 4.78 is 7.13. The van der Waals surface area contributed by atoms with Crippen molar-refractivity contribution in [2.75, 3.05) is 12.4 Å². The molecule has 102 valence electrons. The first-order valence-electron chi connectivity index (χ1n) is 6.34. The highest BCUT2D eigenvalue weighted by Crippen LogP contribution is 2.24. The summed E-state index contributed by atoms with van der Waals surface area (Å²) in [6, 6.07) is 7.86. The van der Waals surface area contributed by atoms with Crippen LogP contribution in [0.5, 0.6) is 5.75 Å². The largest absolute Gasteiger partial charge is 0.497 e. The minimum Gasteiger partial charge on any atom is -0.497 e. The molecule has 0 saturated carbocycles. The topological polar surface area (TPSA) is 39.9 Å². The molecule has 1 aromatic carbocycles. The van der Waals surface area contributed by atoms with E-state index in [4.69, 9.17) is 4.74 Å². The van der Waals surface area contributed by atoms with Crippen LogP contribution in [0.2, 0.25) is 0 Å². The van der Waals surface area contributed by atoms with Crippen LogP contribution < -0.4 is 4.74 Å². The summed E-state index contributed by atoms with van der Waals surface area (Å²) in [4.78, 5) is 4.39. The number of hydrogen-bond acceptors (Lipinski definition) is 3. The molecular formula is C15H14BrN3O. The van der Waals surface area contributed by atoms with E-state index in [2.05, 4.69) is 32.2 Å². The molecule has 0 atom stereocenters. The van der Waals surface area contributed by atoms with Gasteiger partial charge in [-0.2, -0.15) is 5.10 Å². The van der Waals surface area contributed by atoms with E-state index in [1.165, 1.54) is 5.56 Å². The molecule has 0 spiro atoms. The predicted molar refractivity (Wildman–Crippen MR) is 82.9 cm³/mol. The maximum atomic E-state index is 5.24. The number of pyridine rings is 1. The van der Waals surface area contributed by atoms with Gasteiger partial charge in [0.25, 0.3) is 0 Å². The van der Waals surface area contributed by atoms with Crippen molar-refractivity contribution < 1.29 is 4.74 Å². The van der Waals surface area contributed by atoms with Gasteiger partial charge in [-0.25, -0.2) is 4.68 Å². The molecule has 2 aromatic heterocycles. The first-order valence-corrected chi connectivity index (χ1v) is 7.46. The third kappa shape index (κ3) is 2.41. The van der Waals surface area contributed by atoms with Crippen LogP contribution in [0.3, 0.4) is 0 Å². The SMILES string of the molecule is COc1ccc2c(-n3cc(CCBr)cn3)ccnc2c1. The summed E-state index contributed by atoms with van der Waals surface area (Å²) in [6.45, 7) is 0. The van der Waals surface area contributed by atoms with Crippen molar-refractivity contribution >= 4 is 26.8 Å². The number of methoxy groups -OCH3 is 1. The minimum absolute atomic E-state index is 0.808. The standard InChI is InChI=1S/C15H14BrN3O/c1-20-12-2-3-13-14(8-12)17-7-5-15(13)19-10-11(4-6-16)9-18-19/h2-3,5,7-10H,4,6H2,1H3. The fourth-order valence-electron chi connectivity index (χ4n) is 2.17. The molecule has 0 fully saturated rings. The average molecular weight is 332 g/mol. The highest BCUT2D eigenvalue weighted by Gasteiger charge is 2.07. The summed E-state index contributed by atoms with van der Waals surface area (Å²) in [6.07, 6.45) is 6.72. The van der Waals surface area contributed by atoms with Crippen LogP contribution >= 0.6 is 15.9 Å². The molecule has 0 saturated heterocycles. The van der Waals surface area contributed by atoms with Gasteiger partial charge >= 0.3 is 0 Å². The fourth-order valence-corrected chi connectivity index (χ4v) is 2.63. The van der Waals surface area contributed by atoms with Gasteiger partial charge in [0.2, 0.25) is 0 Å². The zero-order valence-corrected chi connectivity index (χ0v) is 12.7. The van der Waals surface area contributed by atoms with Crippen LogP contribution in [0, 0.1) is 0 Å². The molecule has 4 nitrogen and oxygen atoms in total. The lowest BCUT2D eigenvalue weighted by molar-refractivity contribution is 0.415. The van der Waals surface area contributed by atoms with E-state index in [1.54, 1.807) is 13.3 Å². The van der Waals surface area contributed by atoms with Crippen molar-refractivity contribution in [3.05, 3.63) is 48.4 Å². The van der Waals surface area contributed by atoms with Gasteiger partial charge < -0.3 is 4.74 Å². The minimum atomic E-state index is 0.808.